The first kappa shape index (κ1) is 21.6. The maximum Gasteiger partial charge on any atom is 0.306 e. The van der Waals surface area contributed by atoms with Crippen LogP contribution in [-0.2, 0) is 16.0 Å². The molecule has 3 nitrogen and oxygen atoms in total. The van der Waals surface area contributed by atoms with Gasteiger partial charge in [-0.2, -0.15) is 0 Å². The lowest BCUT2D eigenvalue weighted by Gasteiger charge is -2.17. The number of aryl methyl sites for hydroxylation is 2. The Balaban J connectivity index is 2.07. The molecule has 1 N–H and O–H groups in total. The Kier molecular flexibility index (Phi) is 6.94. The summed E-state index contributed by atoms with van der Waals surface area (Å²) in [4.78, 5) is 12.0. The van der Waals surface area contributed by atoms with Crippen molar-refractivity contribution in [3.8, 4) is 28.0 Å². The van der Waals surface area contributed by atoms with Crippen molar-refractivity contribution in [2.24, 2.45) is 0 Å². The highest BCUT2D eigenvalue weighted by atomic mass is 16.5. The minimum absolute atomic E-state index is 0.175. The molecule has 3 aromatic rings. The summed E-state index contributed by atoms with van der Waals surface area (Å²) >= 11 is 0. The van der Waals surface area contributed by atoms with Crippen LogP contribution in [-0.4, -0.2) is 17.7 Å². The van der Waals surface area contributed by atoms with E-state index < -0.39 is 0 Å². The molecule has 3 rings (SSSR count). The van der Waals surface area contributed by atoms with Gasteiger partial charge in [-0.1, -0.05) is 67.9 Å². The zero-order valence-electron chi connectivity index (χ0n) is 18.2. The molecule has 0 fully saturated rings. The second-order valence-corrected chi connectivity index (χ2v) is 7.97. The molecular weight excluding hydrogens is 372 g/mol. The van der Waals surface area contributed by atoms with Gasteiger partial charge in [-0.15, -0.1) is 0 Å². The van der Waals surface area contributed by atoms with Crippen molar-refractivity contribution in [1.82, 2.24) is 0 Å². The van der Waals surface area contributed by atoms with E-state index in [4.69, 9.17) is 4.74 Å². The average Bonchev–Trinajstić information content (AvgIpc) is 2.72. The number of carbonyl (C=O) groups excluding carboxylic acids is 1. The second kappa shape index (κ2) is 9.62. The van der Waals surface area contributed by atoms with Gasteiger partial charge in [0.15, 0.2) is 0 Å². The van der Waals surface area contributed by atoms with Crippen LogP contribution in [0.4, 0.5) is 0 Å². The van der Waals surface area contributed by atoms with Crippen molar-refractivity contribution in [1.29, 1.82) is 0 Å². The molecule has 0 saturated heterocycles. The fraction of sp³-hybridized carbons (Fsp3) is 0.296. The van der Waals surface area contributed by atoms with Crippen molar-refractivity contribution in [3.63, 3.8) is 0 Å². The average molecular weight is 403 g/mol. The lowest BCUT2D eigenvalue weighted by atomic mass is 9.88. The van der Waals surface area contributed by atoms with E-state index in [0.717, 1.165) is 33.4 Å². The Morgan fingerprint density at radius 1 is 0.967 bits per heavy atom. The van der Waals surface area contributed by atoms with Gasteiger partial charge in [0.2, 0.25) is 0 Å². The van der Waals surface area contributed by atoms with Gasteiger partial charge in [0.25, 0.3) is 0 Å². The summed E-state index contributed by atoms with van der Waals surface area (Å²) in [6, 6.07) is 20.4. The lowest BCUT2D eigenvalue weighted by molar-refractivity contribution is -0.143. The van der Waals surface area contributed by atoms with Gasteiger partial charge in [0.1, 0.15) is 5.75 Å². The normalized spacial score (nSPS) is 11.0. The number of ether oxygens (including phenoxy) is 1. The van der Waals surface area contributed by atoms with Gasteiger partial charge in [-0.25, -0.2) is 0 Å². The largest absolute Gasteiger partial charge is 0.508 e. The Morgan fingerprint density at radius 3 is 2.40 bits per heavy atom. The number of hydrogen-bond acceptors (Lipinski definition) is 3. The van der Waals surface area contributed by atoms with Crippen LogP contribution < -0.4 is 0 Å². The quantitative estimate of drug-likeness (QED) is 0.450. The van der Waals surface area contributed by atoms with Crippen molar-refractivity contribution in [3.05, 3.63) is 77.4 Å². The van der Waals surface area contributed by atoms with Gasteiger partial charge in [0, 0.05) is 6.42 Å². The number of aromatic hydroxyl groups is 1. The van der Waals surface area contributed by atoms with Crippen molar-refractivity contribution < 1.29 is 14.6 Å². The van der Waals surface area contributed by atoms with Crippen molar-refractivity contribution in [2.45, 2.75) is 46.5 Å². The molecule has 0 aromatic heterocycles. The van der Waals surface area contributed by atoms with E-state index in [-0.39, 0.29) is 17.6 Å². The molecule has 0 amide bonds. The molecule has 0 bridgehead atoms. The van der Waals surface area contributed by atoms with Gasteiger partial charge in [0.05, 0.1) is 6.61 Å². The number of phenols is 1. The molecule has 0 unspecified atom stereocenters. The highest BCUT2D eigenvalue weighted by Crippen LogP contribution is 2.35. The maximum atomic E-state index is 12.0. The summed E-state index contributed by atoms with van der Waals surface area (Å²) in [5.41, 5.74) is 7.91. The molecule has 0 aliphatic rings. The standard InChI is InChI=1S/C27H30O3/c1-5-30-27(29)14-10-21-16-22(25-13-11-23(28)17-26(25)18(2)3)9-12-24(21)20-8-6-7-19(4)15-20/h6-9,11-13,15-18,28H,5,10,14H2,1-4H3. The van der Waals surface area contributed by atoms with Gasteiger partial charge < -0.3 is 9.84 Å². The Morgan fingerprint density at radius 2 is 1.70 bits per heavy atom. The van der Waals surface area contributed by atoms with Crippen LogP contribution in [0.15, 0.2) is 60.7 Å². The zero-order chi connectivity index (χ0) is 21.7. The molecular formula is C27H30O3. The highest BCUT2D eigenvalue weighted by Gasteiger charge is 2.14. The van der Waals surface area contributed by atoms with Gasteiger partial charge in [-0.05, 0) is 71.7 Å². The number of hydrogen-bond donors (Lipinski definition) is 1. The monoisotopic (exact) mass is 402 g/mol. The minimum Gasteiger partial charge on any atom is -0.508 e. The molecule has 0 aliphatic carbocycles. The molecule has 0 spiro atoms. The number of carbonyl (C=O) groups is 1. The topological polar surface area (TPSA) is 46.5 Å². The van der Waals surface area contributed by atoms with Crippen LogP contribution in [0.3, 0.4) is 0 Å². The molecule has 30 heavy (non-hydrogen) atoms. The Labute approximate surface area is 179 Å². The SMILES string of the molecule is CCOC(=O)CCc1cc(-c2ccc(O)cc2C(C)C)ccc1-c1cccc(C)c1. The predicted molar refractivity (Wildman–Crippen MR) is 123 cm³/mol. The van der Waals surface area contributed by atoms with E-state index in [9.17, 15) is 9.90 Å². The fourth-order valence-corrected chi connectivity index (χ4v) is 3.82. The van der Waals surface area contributed by atoms with Gasteiger partial charge in [-0.3, -0.25) is 4.79 Å². The Bertz CT molecular complexity index is 1030. The van der Waals surface area contributed by atoms with E-state index in [0.29, 0.717) is 19.4 Å². The van der Waals surface area contributed by atoms with E-state index in [1.807, 2.05) is 19.1 Å². The first-order valence-corrected chi connectivity index (χ1v) is 10.6. The molecule has 3 heteroatoms. The third-order valence-corrected chi connectivity index (χ3v) is 5.31. The summed E-state index contributed by atoms with van der Waals surface area (Å²) in [7, 11) is 0. The summed E-state index contributed by atoms with van der Waals surface area (Å²) in [5.74, 6) is 0.387. The first-order chi connectivity index (χ1) is 14.4. The zero-order valence-corrected chi connectivity index (χ0v) is 18.2. The first-order valence-electron chi connectivity index (χ1n) is 10.6. The lowest BCUT2D eigenvalue weighted by Crippen LogP contribution is -2.06. The van der Waals surface area contributed by atoms with Crippen LogP contribution in [0.2, 0.25) is 0 Å². The van der Waals surface area contributed by atoms with Crippen LogP contribution in [0.25, 0.3) is 22.3 Å². The summed E-state index contributed by atoms with van der Waals surface area (Å²) < 4.78 is 5.14. The van der Waals surface area contributed by atoms with Gasteiger partial charge >= 0.3 is 5.97 Å². The fourth-order valence-electron chi connectivity index (χ4n) is 3.82. The number of esters is 1. The minimum atomic E-state index is -0.175. The van der Waals surface area contributed by atoms with Crippen LogP contribution >= 0.6 is 0 Å². The third-order valence-electron chi connectivity index (χ3n) is 5.31. The van der Waals surface area contributed by atoms with Crippen LogP contribution in [0, 0.1) is 6.92 Å². The molecule has 0 aliphatic heterocycles. The van der Waals surface area contributed by atoms with E-state index in [1.54, 1.807) is 6.07 Å². The van der Waals surface area contributed by atoms with Crippen molar-refractivity contribution in [2.75, 3.05) is 6.61 Å². The molecule has 0 radical (unpaired) electrons. The molecule has 156 valence electrons. The maximum absolute atomic E-state index is 12.0. The number of benzene rings is 3. The second-order valence-electron chi connectivity index (χ2n) is 7.97. The van der Waals surface area contributed by atoms with Crippen molar-refractivity contribution >= 4 is 5.97 Å². The van der Waals surface area contributed by atoms with E-state index in [2.05, 4.69) is 63.2 Å². The van der Waals surface area contributed by atoms with Crippen LogP contribution in [0.5, 0.6) is 5.75 Å². The molecule has 3 aromatic carbocycles. The summed E-state index contributed by atoms with van der Waals surface area (Å²) in [5, 5.41) is 9.95. The summed E-state index contributed by atoms with van der Waals surface area (Å²) in [6.45, 7) is 8.56. The van der Waals surface area contributed by atoms with E-state index in [1.165, 1.54) is 5.56 Å². The highest BCUT2D eigenvalue weighted by molar-refractivity contribution is 5.77. The molecule has 0 saturated carbocycles. The van der Waals surface area contributed by atoms with Crippen LogP contribution in [0.1, 0.15) is 49.8 Å². The van der Waals surface area contributed by atoms with E-state index >= 15 is 0 Å². The summed E-state index contributed by atoms with van der Waals surface area (Å²) in [6.07, 6.45) is 0.966. The smallest absolute Gasteiger partial charge is 0.306 e. The third kappa shape index (κ3) is 5.10. The number of phenolic OH excluding ortho intramolecular Hbond substituents is 1. The Hall–Kier alpha value is -3.07. The number of rotatable bonds is 7. The predicted octanol–water partition coefficient (Wildman–Crippen LogP) is 6.65. The molecule has 0 atom stereocenters. The molecule has 0 heterocycles.